The van der Waals surface area contributed by atoms with Crippen molar-refractivity contribution in [2.75, 3.05) is 16.4 Å². The van der Waals surface area contributed by atoms with Gasteiger partial charge in [-0.2, -0.15) is 16.8 Å². The molecule has 4 aromatic carbocycles. The van der Waals surface area contributed by atoms with Crippen LogP contribution in [0.25, 0.3) is 10.8 Å². The molecule has 13 heteroatoms. The van der Waals surface area contributed by atoms with Crippen molar-refractivity contribution >= 4 is 59.9 Å². The molecule has 0 aliphatic rings. The van der Waals surface area contributed by atoms with Crippen molar-refractivity contribution in [2.45, 2.75) is 9.79 Å². The summed E-state index contributed by atoms with van der Waals surface area (Å²) in [6.45, 7) is 0. The molecule has 4 rings (SSSR count). The van der Waals surface area contributed by atoms with Crippen LogP contribution in [0.3, 0.4) is 0 Å². The molecule has 0 aliphatic heterocycles. The number of benzene rings is 4. The lowest BCUT2D eigenvalue weighted by molar-refractivity contribution is 0.0897. The Hall–Kier alpha value is -4.30. The van der Waals surface area contributed by atoms with Gasteiger partial charge in [-0.1, -0.05) is 18.2 Å². The van der Waals surface area contributed by atoms with Gasteiger partial charge in [0.25, 0.3) is 32.1 Å². The first-order chi connectivity index (χ1) is 17.3. The van der Waals surface area contributed by atoms with Crippen LogP contribution >= 0.6 is 0 Å². The zero-order valence-corrected chi connectivity index (χ0v) is 20.4. The molecular weight excluding hydrogens is 522 g/mol. The number of amides is 2. The van der Waals surface area contributed by atoms with Gasteiger partial charge in [-0.25, -0.2) is 4.90 Å². The number of carbonyl (C=O) groups excluding carboxylic acids is 2. The fourth-order valence-corrected chi connectivity index (χ4v) is 5.06. The maximum atomic E-state index is 13.5. The minimum Gasteiger partial charge on any atom is -0.399 e. The molecule has 0 spiro atoms. The summed E-state index contributed by atoms with van der Waals surface area (Å²) in [5, 5.41) is -0.225. The van der Waals surface area contributed by atoms with E-state index in [1.165, 1.54) is 48.5 Å². The van der Waals surface area contributed by atoms with Crippen molar-refractivity contribution in [3.8, 4) is 0 Å². The van der Waals surface area contributed by atoms with Crippen LogP contribution in [0.15, 0.2) is 88.7 Å². The summed E-state index contributed by atoms with van der Waals surface area (Å²) in [5.41, 5.74) is 12.1. The van der Waals surface area contributed by atoms with Gasteiger partial charge < -0.3 is 11.5 Å². The van der Waals surface area contributed by atoms with Crippen molar-refractivity contribution in [3.63, 3.8) is 0 Å². The molecule has 0 fully saturated rings. The van der Waals surface area contributed by atoms with Gasteiger partial charge in [0, 0.05) is 27.9 Å². The predicted molar refractivity (Wildman–Crippen MR) is 136 cm³/mol. The minimum atomic E-state index is -5.01. The van der Waals surface area contributed by atoms with Crippen LogP contribution in [0, 0.1) is 0 Å². The Morgan fingerprint density at radius 3 is 1.68 bits per heavy atom. The highest BCUT2D eigenvalue weighted by atomic mass is 32.2. The van der Waals surface area contributed by atoms with Crippen LogP contribution in [0.2, 0.25) is 0 Å². The van der Waals surface area contributed by atoms with Crippen molar-refractivity contribution in [2.24, 2.45) is 0 Å². The average molecular weight is 542 g/mol. The van der Waals surface area contributed by atoms with E-state index in [0.717, 1.165) is 17.0 Å². The zero-order chi connectivity index (χ0) is 27.1. The zero-order valence-electron chi connectivity index (χ0n) is 18.8. The Balaban J connectivity index is 1.99. The highest BCUT2D eigenvalue weighted by Gasteiger charge is 2.28. The first-order valence-corrected chi connectivity index (χ1v) is 13.3. The summed E-state index contributed by atoms with van der Waals surface area (Å²) < 4.78 is 66.6. The standard InChI is InChI=1S/C24H19N3O8S2/c25-17-5-1-3-15(9-17)23(28)27(24(29)16-4-2-6-18(26)10-16)19-8-7-14-11-20(36(30,31)32)13-22(21(14)12-19)37(33,34)35/h1-13H,25-26H2,(H,30,31,32)(H,33,34,35). The van der Waals surface area contributed by atoms with Crippen LogP contribution < -0.4 is 16.4 Å². The Kier molecular flexibility index (Phi) is 6.48. The van der Waals surface area contributed by atoms with E-state index in [4.69, 9.17) is 11.5 Å². The number of nitrogens with two attached hydrogens (primary N) is 2. The van der Waals surface area contributed by atoms with Gasteiger partial charge in [0.05, 0.1) is 10.6 Å². The molecule has 0 bridgehead atoms. The predicted octanol–water partition coefficient (Wildman–Crippen LogP) is 2.98. The first kappa shape index (κ1) is 25.8. The van der Waals surface area contributed by atoms with Gasteiger partial charge in [0.1, 0.15) is 4.90 Å². The average Bonchev–Trinajstić information content (AvgIpc) is 2.82. The smallest absolute Gasteiger partial charge is 0.295 e. The SMILES string of the molecule is Nc1cccc(C(=O)N(C(=O)c2cccc(N)c2)c2ccc3cc(S(=O)(=O)O)cc(S(=O)(=O)O)c3c2)c1. The van der Waals surface area contributed by atoms with E-state index in [9.17, 15) is 35.5 Å². The number of carbonyl (C=O) groups is 2. The second-order valence-electron chi connectivity index (χ2n) is 7.97. The third-order valence-corrected chi connectivity index (χ3v) is 7.11. The quantitative estimate of drug-likeness (QED) is 0.165. The molecule has 2 amide bonds. The number of nitrogen functional groups attached to an aromatic ring is 2. The number of fused-ring (bicyclic) bond motifs is 1. The molecule has 0 saturated heterocycles. The fraction of sp³-hybridized carbons (Fsp3) is 0. The van der Waals surface area contributed by atoms with Crippen LogP contribution in [0.1, 0.15) is 20.7 Å². The van der Waals surface area contributed by atoms with Crippen molar-refractivity contribution in [3.05, 3.63) is 90.0 Å². The van der Waals surface area contributed by atoms with E-state index in [-0.39, 0.29) is 39.0 Å². The molecule has 11 nitrogen and oxygen atoms in total. The number of rotatable bonds is 5. The van der Waals surface area contributed by atoms with Crippen LogP contribution in [0.4, 0.5) is 17.1 Å². The molecule has 0 aromatic heterocycles. The third kappa shape index (κ3) is 5.29. The van der Waals surface area contributed by atoms with E-state index >= 15 is 0 Å². The third-order valence-electron chi connectivity index (χ3n) is 5.38. The van der Waals surface area contributed by atoms with Gasteiger partial charge in [-0.15, -0.1) is 0 Å². The van der Waals surface area contributed by atoms with Gasteiger partial charge in [0.2, 0.25) is 0 Å². The second kappa shape index (κ2) is 9.29. The molecule has 6 N–H and O–H groups in total. The van der Waals surface area contributed by atoms with E-state index in [1.54, 1.807) is 12.1 Å². The molecule has 0 heterocycles. The lowest BCUT2D eigenvalue weighted by Gasteiger charge is -2.22. The number of imide groups is 1. The largest absolute Gasteiger partial charge is 0.399 e. The number of hydrogen-bond donors (Lipinski definition) is 4. The molecule has 0 unspecified atom stereocenters. The Morgan fingerprint density at radius 1 is 0.676 bits per heavy atom. The molecule has 190 valence electrons. The summed E-state index contributed by atoms with van der Waals surface area (Å²) >= 11 is 0. The van der Waals surface area contributed by atoms with Gasteiger partial charge >= 0.3 is 0 Å². The fourth-order valence-electron chi connectivity index (χ4n) is 3.72. The normalized spacial score (nSPS) is 11.8. The van der Waals surface area contributed by atoms with E-state index in [1.807, 2.05) is 0 Å². The first-order valence-electron chi connectivity index (χ1n) is 10.4. The maximum absolute atomic E-state index is 13.5. The van der Waals surface area contributed by atoms with E-state index in [2.05, 4.69) is 0 Å². The monoisotopic (exact) mass is 541 g/mol. The minimum absolute atomic E-state index is 0.0146. The highest BCUT2D eigenvalue weighted by Crippen LogP contribution is 2.32. The summed E-state index contributed by atoms with van der Waals surface area (Å²) in [6, 6.07) is 16.9. The van der Waals surface area contributed by atoms with E-state index in [0.29, 0.717) is 6.07 Å². The Labute approximate surface area is 211 Å². The molecule has 0 radical (unpaired) electrons. The van der Waals surface area contributed by atoms with Gasteiger partial charge in [-0.3, -0.25) is 18.7 Å². The Morgan fingerprint density at radius 2 is 1.22 bits per heavy atom. The van der Waals surface area contributed by atoms with Crippen molar-refractivity contribution < 1.29 is 35.5 Å². The topological polar surface area (TPSA) is 198 Å². The second-order valence-corrected chi connectivity index (χ2v) is 10.8. The molecule has 37 heavy (non-hydrogen) atoms. The number of hydrogen-bond acceptors (Lipinski definition) is 8. The molecule has 0 saturated carbocycles. The summed E-state index contributed by atoms with van der Waals surface area (Å²) in [5.74, 6) is -1.61. The van der Waals surface area contributed by atoms with Crippen molar-refractivity contribution in [1.82, 2.24) is 0 Å². The highest BCUT2D eigenvalue weighted by molar-refractivity contribution is 7.86. The van der Waals surface area contributed by atoms with Crippen LogP contribution in [0.5, 0.6) is 0 Å². The summed E-state index contributed by atoms with van der Waals surface area (Å²) in [6.07, 6.45) is 0. The summed E-state index contributed by atoms with van der Waals surface area (Å²) in [4.78, 5) is 26.2. The Bertz CT molecular complexity index is 1740. The van der Waals surface area contributed by atoms with Gasteiger partial charge in [0.15, 0.2) is 0 Å². The van der Waals surface area contributed by atoms with Crippen molar-refractivity contribution in [1.29, 1.82) is 0 Å². The molecular formula is C24H19N3O8S2. The van der Waals surface area contributed by atoms with E-state index < -0.39 is 41.8 Å². The van der Waals surface area contributed by atoms with Gasteiger partial charge in [-0.05, 0) is 66.0 Å². The molecule has 0 atom stereocenters. The van der Waals surface area contributed by atoms with Crippen LogP contribution in [-0.4, -0.2) is 37.8 Å². The van der Waals surface area contributed by atoms with Crippen LogP contribution in [-0.2, 0) is 20.2 Å². The lowest BCUT2D eigenvalue weighted by atomic mass is 10.1. The maximum Gasteiger partial charge on any atom is 0.295 e. The molecule has 0 aliphatic carbocycles. The number of anilines is 3. The molecule has 4 aromatic rings. The summed E-state index contributed by atoms with van der Waals surface area (Å²) in [7, 11) is -9.84. The number of nitrogens with zero attached hydrogens (tertiary/aromatic N) is 1. The lowest BCUT2D eigenvalue weighted by Crippen LogP contribution is -2.37.